The van der Waals surface area contributed by atoms with Crippen LogP contribution in [0.4, 0.5) is 5.69 Å². The van der Waals surface area contributed by atoms with Crippen molar-refractivity contribution >= 4 is 27.5 Å². The van der Waals surface area contributed by atoms with E-state index in [9.17, 15) is 0 Å². The zero-order valence-corrected chi connectivity index (χ0v) is 18.8. The first-order valence-corrected chi connectivity index (χ1v) is 11.4. The Morgan fingerprint density at radius 3 is 2.53 bits per heavy atom. The van der Waals surface area contributed by atoms with Gasteiger partial charge < -0.3 is 19.4 Å². The Balaban J connectivity index is 1.53. The van der Waals surface area contributed by atoms with Crippen molar-refractivity contribution in [2.24, 2.45) is 5.92 Å². The number of fused-ring (bicyclic) bond motifs is 6. The molecule has 0 amide bonds. The van der Waals surface area contributed by atoms with E-state index in [0.29, 0.717) is 11.8 Å². The highest BCUT2D eigenvalue weighted by atomic mass is 16.5. The fourth-order valence-corrected chi connectivity index (χ4v) is 5.93. The SMILES string of the molecule is CCn1c2ccccc2c2cc(C3Nc4c(OC)ccc(OC)c4C4C=CCC43)ccc21. The van der Waals surface area contributed by atoms with E-state index in [2.05, 4.69) is 71.4 Å². The van der Waals surface area contributed by atoms with Gasteiger partial charge in [-0.3, -0.25) is 0 Å². The number of para-hydroxylation sites is 1. The quantitative estimate of drug-likeness (QED) is 0.372. The molecule has 4 heteroatoms. The van der Waals surface area contributed by atoms with Gasteiger partial charge in [-0.15, -0.1) is 0 Å². The molecule has 3 atom stereocenters. The minimum Gasteiger partial charge on any atom is -0.496 e. The third-order valence-corrected chi connectivity index (χ3v) is 7.35. The number of anilines is 1. The lowest BCUT2D eigenvalue weighted by Crippen LogP contribution is -2.29. The summed E-state index contributed by atoms with van der Waals surface area (Å²) in [4.78, 5) is 0. The van der Waals surface area contributed by atoms with Crippen LogP contribution in [0.25, 0.3) is 21.8 Å². The maximum Gasteiger partial charge on any atom is 0.142 e. The van der Waals surface area contributed by atoms with E-state index in [-0.39, 0.29) is 6.04 Å². The molecule has 162 valence electrons. The fraction of sp³-hybridized carbons (Fsp3) is 0.286. The highest BCUT2D eigenvalue weighted by Crippen LogP contribution is 2.55. The van der Waals surface area contributed by atoms with E-state index in [1.807, 2.05) is 12.1 Å². The number of aryl methyl sites for hydroxylation is 1. The summed E-state index contributed by atoms with van der Waals surface area (Å²) in [6.45, 7) is 3.18. The summed E-state index contributed by atoms with van der Waals surface area (Å²) in [7, 11) is 3.49. The van der Waals surface area contributed by atoms with E-state index in [4.69, 9.17) is 9.47 Å². The molecule has 3 aromatic carbocycles. The molecule has 32 heavy (non-hydrogen) atoms. The molecule has 1 aromatic heterocycles. The molecule has 1 aliphatic carbocycles. The smallest absolute Gasteiger partial charge is 0.142 e. The second kappa shape index (κ2) is 7.33. The molecule has 2 aliphatic rings. The Kier molecular flexibility index (Phi) is 4.42. The molecule has 0 radical (unpaired) electrons. The van der Waals surface area contributed by atoms with Crippen LogP contribution in [0.1, 0.15) is 36.4 Å². The molecule has 0 bridgehead atoms. The van der Waals surface area contributed by atoms with Crippen molar-refractivity contribution in [2.75, 3.05) is 19.5 Å². The summed E-state index contributed by atoms with van der Waals surface area (Å²) in [5.41, 5.74) is 6.20. The van der Waals surface area contributed by atoms with E-state index in [1.54, 1.807) is 14.2 Å². The number of hydrogen-bond donors (Lipinski definition) is 1. The third-order valence-electron chi connectivity index (χ3n) is 7.35. The molecule has 0 fully saturated rings. The van der Waals surface area contributed by atoms with Crippen LogP contribution in [0.15, 0.2) is 66.7 Å². The Hall–Kier alpha value is -3.40. The van der Waals surface area contributed by atoms with Gasteiger partial charge in [0.1, 0.15) is 11.5 Å². The first kappa shape index (κ1) is 19.3. The topological polar surface area (TPSA) is 35.4 Å². The summed E-state index contributed by atoms with van der Waals surface area (Å²) < 4.78 is 13.9. The summed E-state index contributed by atoms with van der Waals surface area (Å²) in [5, 5.41) is 6.51. The van der Waals surface area contributed by atoms with Gasteiger partial charge >= 0.3 is 0 Å². The van der Waals surface area contributed by atoms with Crippen LogP contribution in [0, 0.1) is 5.92 Å². The Morgan fingerprint density at radius 2 is 1.72 bits per heavy atom. The van der Waals surface area contributed by atoms with E-state index < -0.39 is 0 Å². The zero-order chi connectivity index (χ0) is 21.8. The Labute approximate surface area is 188 Å². The van der Waals surface area contributed by atoms with Crippen molar-refractivity contribution in [1.82, 2.24) is 4.57 Å². The number of methoxy groups -OCH3 is 2. The molecule has 6 rings (SSSR count). The lowest BCUT2D eigenvalue weighted by Gasteiger charge is -2.38. The van der Waals surface area contributed by atoms with Gasteiger partial charge in [0.2, 0.25) is 0 Å². The summed E-state index contributed by atoms with van der Waals surface area (Å²) in [5.74, 6) is 2.55. The molecule has 2 heterocycles. The summed E-state index contributed by atoms with van der Waals surface area (Å²) in [6.07, 6.45) is 5.72. The number of ether oxygens (including phenoxy) is 2. The molecule has 0 saturated carbocycles. The number of aromatic nitrogens is 1. The lowest BCUT2D eigenvalue weighted by molar-refractivity contribution is 0.371. The van der Waals surface area contributed by atoms with E-state index in [0.717, 1.165) is 30.2 Å². The largest absolute Gasteiger partial charge is 0.496 e. The van der Waals surface area contributed by atoms with Gasteiger partial charge in [0.05, 0.1) is 25.9 Å². The van der Waals surface area contributed by atoms with Gasteiger partial charge in [0.15, 0.2) is 0 Å². The molecular weight excluding hydrogens is 396 g/mol. The van der Waals surface area contributed by atoms with Gasteiger partial charge in [-0.2, -0.15) is 0 Å². The van der Waals surface area contributed by atoms with Crippen LogP contribution in [-0.4, -0.2) is 18.8 Å². The second-order valence-electron chi connectivity index (χ2n) is 8.77. The van der Waals surface area contributed by atoms with Gasteiger partial charge in [-0.05, 0) is 55.2 Å². The number of hydrogen-bond acceptors (Lipinski definition) is 3. The molecule has 1 aliphatic heterocycles. The van der Waals surface area contributed by atoms with Crippen LogP contribution in [0.2, 0.25) is 0 Å². The normalized spacial score (nSPS) is 21.4. The number of allylic oxidation sites excluding steroid dienone is 2. The minimum absolute atomic E-state index is 0.205. The van der Waals surface area contributed by atoms with Gasteiger partial charge in [0, 0.05) is 39.8 Å². The average molecular weight is 425 g/mol. The second-order valence-corrected chi connectivity index (χ2v) is 8.77. The first-order chi connectivity index (χ1) is 15.7. The minimum atomic E-state index is 0.205. The van der Waals surface area contributed by atoms with Crippen molar-refractivity contribution in [3.8, 4) is 11.5 Å². The third kappa shape index (κ3) is 2.62. The summed E-state index contributed by atoms with van der Waals surface area (Å²) >= 11 is 0. The van der Waals surface area contributed by atoms with Crippen LogP contribution in [0.3, 0.4) is 0 Å². The van der Waals surface area contributed by atoms with Gasteiger partial charge in [-0.25, -0.2) is 0 Å². The maximum atomic E-state index is 5.75. The van der Waals surface area contributed by atoms with E-state index >= 15 is 0 Å². The van der Waals surface area contributed by atoms with E-state index in [1.165, 1.54) is 32.9 Å². The predicted molar refractivity (Wildman–Crippen MR) is 131 cm³/mol. The maximum absolute atomic E-state index is 5.75. The average Bonchev–Trinajstić information content (AvgIpc) is 3.45. The lowest BCUT2D eigenvalue weighted by atomic mass is 9.76. The van der Waals surface area contributed by atoms with Crippen molar-refractivity contribution in [3.05, 3.63) is 77.9 Å². The monoisotopic (exact) mass is 424 g/mol. The summed E-state index contributed by atoms with van der Waals surface area (Å²) in [6, 6.07) is 20.0. The molecule has 4 aromatic rings. The number of benzene rings is 3. The van der Waals surface area contributed by atoms with Crippen molar-refractivity contribution < 1.29 is 9.47 Å². The first-order valence-electron chi connectivity index (χ1n) is 11.4. The Bertz CT molecular complexity index is 1370. The van der Waals surface area contributed by atoms with Crippen LogP contribution >= 0.6 is 0 Å². The highest BCUT2D eigenvalue weighted by Gasteiger charge is 2.41. The number of nitrogens with one attached hydrogen (secondary N) is 1. The highest BCUT2D eigenvalue weighted by molar-refractivity contribution is 6.08. The van der Waals surface area contributed by atoms with Crippen molar-refractivity contribution in [1.29, 1.82) is 0 Å². The van der Waals surface area contributed by atoms with Crippen molar-refractivity contribution in [2.45, 2.75) is 31.8 Å². The standard InChI is InChI=1S/C28H28N2O2/c1-4-30-22-11-6-5-8-18(22)21-16-17(12-13-23(21)30)27-20-10-7-9-19(20)26-24(31-2)14-15-25(32-3)28(26)29-27/h5-9,11-16,19-20,27,29H,4,10H2,1-3H3. The van der Waals surface area contributed by atoms with Crippen LogP contribution in [0.5, 0.6) is 11.5 Å². The predicted octanol–water partition coefficient (Wildman–Crippen LogP) is 6.66. The molecular formula is C28H28N2O2. The van der Waals surface area contributed by atoms with Crippen LogP contribution < -0.4 is 14.8 Å². The van der Waals surface area contributed by atoms with Crippen LogP contribution in [-0.2, 0) is 6.54 Å². The Morgan fingerprint density at radius 1 is 0.938 bits per heavy atom. The van der Waals surface area contributed by atoms with Gasteiger partial charge in [-0.1, -0.05) is 36.4 Å². The number of nitrogens with zero attached hydrogens (tertiary/aromatic N) is 1. The molecule has 3 unspecified atom stereocenters. The molecule has 0 spiro atoms. The zero-order valence-electron chi connectivity index (χ0n) is 18.8. The molecule has 1 N–H and O–H groups in total. The van der Waals surface area contributed by atoms with Gasteiger partial charge in [0.25, 0.3) is 0 Å². The molecule has 0 saturated heterocycles. The number of rotatable bonds is 4. The van der Waals surface area contributed by atoms with Crippen molar-refractivity contribution in [3.63, 3.8) is 0 Å². The molecule has 4 nitrogen and oxygen atoms in total. The fourth-order valence-electron chi connectivity index (χ4n) is 5.93.